The van der Waals surface area contributed by atoms with Crippen LogP contribution in [0, 0.1) is 0 Å². The number of unbranched alkanes of at least 4 members (excludes halogenated alkanes) is 3. The molecule has 0 aromatic heterocycles. The van der Waals surface area contributed by atoms with Gasteiger partial charge in [-0.2, -0.15) is 0 Å². The van der Waals surface area contributed by atoms with E-state index < -0.39 is 8.32 Å². The Morgan fingerprint density at radius 3 is 2.11 bits per heavy atom. The van der Waals surface area contributed by atoms with E-state index in [4.69, 9.17) is 4.43 Å². The zero-order chi connectivity index (χ0) is 20.4. The van der Waals surface area contributed by atoms with Gasteiger partial charge in [0.05, 0.1) is 6.10 Å². The molecule has 0 bridgehead atoms. The summed E-state index contributed by atoms with van der Waals surface area (Å²) in [5.41, 5.74) is 4.97. The summed E-state index contributed by atoms with van der Waals surface area (Å²) < 4.78 is 7.25. The Kier molecular flexibility index (Phi) is 11.2. The van der Waals surface area contributed by atoms with Gasteiger partial charge in [-0.15, -0.1) is 0 Å². The van der Waals surface area contributed by atoms with Gasteiger partial charge in [0.25, 0.3) is 0 Å². The molecule has 0 spiro atoms. The van der Waals surface area contributed by atoms with Gasteiger partial charge in [0, 0.05) is 0 Å². The van der Waals surface area contributed by atoms with E-state index >= 15 is 0 Å². The molecule has 0 fully saturated rings. The van der Waals surface area contributed by atoms with E-state index in [1.54, 1.807) is 5.57 Å². The predicted molar refractivity (Wildman–Crippen MR) is 125 cm³/mol. The van der Waals surface area contributed by atoms with Gasteiger partial charge in [-0.1, -0.05) is 91.9 Å². The minimum absolute atomic E-state index is 0.309. The molecule has 0 amide bonds. The maximum absolute atomic E-state index is 7.25. The highest BCUT2D eigenvalue weighted by Gasteiger charge is 2.46. The van der Waals surface area contributed by atoms with Crippen molar-refractivity contribution in [2.75, 3.05) is 0 Å². The molecule has 1 rings (SSSR count). The van der Waals surface area contributed by atoms with Crippen molar-refractivity contribution in [3.63, 3.8) is 0 Å². The lowest BCUT2D eigenvalue weighted by Crippen LogP contribution is -2.50. The normalized spacial score (nSPS) is 17.7. The molecule has 1 unspecified atom stereocenters. The van der Waals surface area contributed by atoms with Gasteiger partial charge < -0.3 is 4.43 Å². The maximum Gasteiger partial charge on any atom is 0.201 e. The first-order valence-electron chi connectivity index (χ1n) is 11.8. The van der Waals surface area contributed by atoms with Gasteiger partial charge >= 0.3 is 0 Å². The number of hydrogen-bond donors (Lipinski definition) is 0. The molecule has 0 radical (unpaired) electrons. The first-order valence-corrected chi connectivity index (χ1v) is 13.9. The van der Waals surface area contributed by atoms with E-state index in [0.29, 0.717) is 22.7 Å². The third-order valence-electron chi connectivity index (χ3n) is 6.62. The summed E-state index contributed by atoms with van der Waals surface area (Å²) in [4.78, 5) is 0. The molecule has 1 aliphatic rings. The average molecular weight is 393 g/mol. The molecule has 2 heteroatoms. The summed E-state index contributed by atoms with van der Waals surface area (Å²) in [7, 11) is -1.85. The largest absolute Gasteiger partial charge is 0.409 e. The van der Waals surface area contributed by atoms with E-state index in [-0.39, 0.29) is 0 Å². The van der Waals surface area contributed by atoms with Crippen molar-refractivity contribution < 1.29 is 4.43 Å². The molecule has 0 saturated carbocycles. The van der Waals surface area contributed by atoms with Crippen LogP contribution in [-0.2, 0) is 4.43 Å². The Labute approximate surface area is 172 Å². The highest BCUT2D eigenvalue weighted by Crippen LogP contribution is 2.44. The lowest BCUT2D eigenvalue weighted by atomic mass is 9.95. The van der Waals surface area contributed by atoms with Crippen LogP contribution >= 0.6 is 0 Å². The van der Waals surface area contributed by atoms with Crippen LogP contribution < -0.4 is 0 Å². The second-order valence-corrected chi connectivity index (χ2v) is 15.1. The highest BCUT2D eigenvalue weighted by molar-refractivity contribution is 6.77. The van der Waals surface area contributed by atoms with Crippen LogP contribution in [-0.4, -0.2) is 14.4 Å². The van der Waals surface area contributed by atoms with Crippen LogP contribution in [0.15, 0.2) is 23.3 Å². The topological polar surface area (TPSA) is 9.23 Å². The standard InChI is InChI=1S/C25H48OSi/c1-9-10-11-15-18-25(23(8)19-24-16-13-12-14-17-24)26-27(20(2)3,21(4)5)22(6)7/h16,19-22,25H,9-15,17-18H2,1-8H3/b23-19+. The zero-order valence-electron chi connectivity index (χ0n) is 19.7. The second-order valence-electron chi connectivity index (χ2n) is 9.69. The fourth-order valence-corrected chi connectivity index (χ4v) is 10.8. The smallest absolute Gasteiger partial charge is 0.201 e. The molecule has 1 aliphatic carbocycles. The fraction of sp³-hybridized carbons (Fsp3) is 0.840. The van der Waals surface area contributed by atoms with Crippen LogP contribution in [0.5, 0.6) is 0 Å². The monoisotopic (exact) mass is 392 g/mol. The van der Waals surface area contributed by atoms with E-state index in [1.807, 2.05) is 0 Å². The van der Waals surface area contributed by atoms with Gasteiger partial charge in [0.15, 0.2) is 0 Å². The van der Waals surface area contributed by atoms with Gasteiger partial charge in [0.1, 0.15) is 0 Å². The van der Waals surface area contributed by atoms with E-state index in [2.05, 4.69) is 67.5 Å². The quantitative estimate of drug-likeness (QED) is 0.238. The van der Waals surface area contributed by atoms with Gasteiger partial charge in [-0.25, -0.2) is 0 Å². The van der Waals surface area contributed by atoms with Crippen LogP contribution in [0.25, 0.3) is 0 Å². The maximum atomic E-state index is 7.25. The van der Waals surface area contributed by atoms with Crippen LogP contribution in [0.2, 0.25) is 16.6 Å². The molecule has 0 aromatic carbocycles. The van der Waals surface area contributed by atoms with E-state index in [9.17, 15) is 0 Å². The molecule has 27 heavy (non-hydrogen) atoms. The Balaban J connectivity index is 3.07. The number of allylic oxidation sites excluding steroid dienone is 3. The van der Waals surface area contributed by atoms with Crippen molar-refractivity contribution in [2.24, 2.45) is 0 Å². The summed E-state index contributed by atoms with van der Waals surface area (Å²) >= 11 is 0. The minimum atomic E-state index is -1.85. The third-order valence-corrected chi connectivity index (χ3v) is 12.7. The molecule has 0 heterocycles. The number of hydrogen-bond acceptors (Lipinski definition) is 1. The van der Waals surface area contributed by atoms with E-state index in [1.165, 1.54) is 63.4 Å². The van der Waals surface area contributed by atoms with Crippen molar-refractivity contribution in [2.45, 2.75) is 136 Å². The molecular weight excluding hydrogens is 344 g/mol. The Morgan fingerprint density at radius 2 is 1.63 bits per heavy atom. The predicted octanol–water partition coefficient (Wildman–Crippen LogP) is 8.96. The Bertz CT molecular complexity index is 451. The molecule has 0 saturated heterocycles. The second kappa shape index (κ2) is 12.3. The van der Waals surface area contributed by atoms with Crippen LogP contribution in [0.1, 0.15) is 113 Å². The first kappa shape index (κ1) is 24.7. The molecule has 0 N–H and O–H groups in total. The lowest BCUT2D eigenvalue weighted by Gasteiger charge is -2.45. The molecule has 158 valence electrons. The van der Waals surface area contributed by atoms with Gasteiger partial charge in [0.2, 0.25) is 8.32 Å². The van der Waals surface area contributed by atoms with E-state index in [0.717, 1.165) is 0 Å². The fourth-order valence-electron chi connectivity index (χ4n) is 5.17. The van der Waals surface area contributed by atoms with Crippen molar-refractivity contribution in [3.8, 4) is 0 Å². The third kappa shape index (κ3) is 7.20. The Hall–Kier alpha value is -0.343. The van der Waals surface area contributed by atoms with Gasteiger partial charge in [-0.05, 0) is 61.2 Å². The zero-order valence-corrected chi connectivity index (χ0v) is 20.7. The number of rotatable bonds is 12. The van der Waals surface area contributed by atoms with Crippen molar-refractivity contribution in [3.05, 3.63) is 23.3 Å². The lowest BCUT2D eigenvalue weighted by molar-refractivity contribution is 0.192. The van der Waals surface area contributed by atoms with Crippen LogP contribution in [0.4, 0.5) is 0 Å². The average Bonchev–Trinajstić information content (AvgIpc) is 2.61. The summed E-state index contributed by atoms with van der Waals surface area (Å²) in [6.45, 7) is 19.1. The minimum Gasteiger partial charge on any atom is -0.409 e. The molecule has 1 nitrogen and oxygen atoms in total. The van der Waals surface area contributed by atoms with Crippen molar-refractivity contribution in [1.82, 2.24) is 0 Å². The van der Waals surface area contributed by atoms with Crippen molar-refractivity contribution >= 4 is 8.32 Å². The molecule has 1 atom stereocenters. The molecule has 0 aromatic rings. The summed E-state index contributed by atoms with van der Waals surface area (Å²) in [6.07, 6.45) is 16.9. The first-order chi connectivity index (χ1) is 12.8. The summed E-state index contributed by atoms with van der Waals surface area (Å²) in [5, 5.41) is 0. The van der Waals surface area contributed by atoms with Crippen molar-refractivity contribution in [1.29, 1.82) is 0 Å². The highest BCUT2D eigenvalue weighted by atomic mass is 28.4. The van der Waals surface area contributed by atoms with Crippen LogP contribution in [0.3, 0.4) is 0 Å². The molecule has 0 aliphatic heterocycles. The molecular formula is C25H48OSi. The van der Waals surface area contributed by atoms with Gasteiger partial charge in [-0.3, -0.25) is 0 Å². The Morgan fingerprint density at radius 1 is 1.00 bits per heavy atom. The summed E-state index contributed by atoms with van der Waals surface area (Å²) in [5.74, 6) is 0. The summed E-state index contributed by atoms with van der Waals surface area (Å²) in [6, 6.07) is 0. The SMILES string of the molecule is CCCCCCC(O[Si](C(C)C)(C(C)C)C(C)C)/C(C)=C/C1=CCCCC1.